The van der Waals surface area contributed by atoms with Gasteiger partial charge < -0.3 is 26.2 Å². The number of rotatable bonds is 8. The highest BCUT2D eigenvalue weighted by Crippen LogP contribution is 2.65. The van der Waals surface area contributed by atoms with Gasteiger partial charge in [-0.3, -0.25) is 33.7 Å². The summed E-state index contributed by atoms with van der Waals surface area (Å²) in [6.07, 6.45) is 7.39. The Kier molecular flexibility index (Phi) is 12.4. The molecule has 4 N–H and O–H groups in total. The quantitative estimate of drug-likeness (QED) is 0.170. The molecule has 6 atom stereocenters. The van der Waals surface area contributed by atoms with E-state index in [1.165, 1.54) is 11.0 Å². The van der Waals surface area contributed by atoms with E-state index in [-0.39, 0.29) is 60.9 Å². The Morgan fingerprint density at radius 3 is 2.12 bits per heavy atom. The number of hydrogen-bond acceptors (Lipinski definition) is 7. The van der Waals surface area contributed by atoms with Crippen molar-refractivity contribution in [1.29, 1.82) is 0 Å². The van der Waals surface area contributed by atoms with E-state index in [0.717, 1.165) is 25.7 Å². The minimum Gasteiger partial charge on any atom is -0.346 e. The van der Waals surface area contributed by atoms with Crippen LogP contribution in [0.2, 0.25) is 0 Å². The SMILES string of the molecule is C=CCNC(=O)C(=O)[C@H]1CCCCCCCC[C@@H](NC(=O)N[C@H](CN2C(=O)CC(C)(C)CC2=O)C(C)(C)C)C(=O)N2C[C@H]3[C@@H]([C@H]2C(=O)N1)C3(C)C. The van der Waals surface area contributed by atoms with Gasteiger partial charge in [-0.1, -0.05) is 93.1 Å². The molecule has 0 aromatic carbocycles. The predicted octanol–water partition coefficient (Wildman–Crippen LogP) is 3.22. The van der Waals surface area contributed by atoms with Crippen LogP contribution in [-0.4, -0.2) is 95.0 Å². The minimum absolute atomic E-state index is 0.0155. The van der Waals surface area contributed by atoms with Gasteiger partial charge in [0.15, 0.2) is 0 Å². The number of piperidine rings is 2. The van der Waals surface area contributed by atoms with Crippen molar-refractivity contribution in [3.8, 4) is 0 Å². The third kappa shape index (κ3) is 9.57. The molecule has 3 saturated heterocycles. The maximum atomic E-state index is 14.4. The standard InChI is InChI=1S/C38H60N6O7/c1-9-18-39-33(49)31(47)24-16-14-12-10-11-13-15-17-25(34(50)44-21-23-29(38(23,7)8)30(44)32(48)40-24)41-35(51)42-26(36(2,3)4)22-43-27(45)19-37(5,6)20-28(43)46/h9,23-26,29-30H,1,10-22H2,2-8H3,(H,39,49)(H,40,48)(H2,41,42,51)/t23-,24+,25+,26+,29-,30-/m0/s1. The lowest BCUT2D eigenvalue weighted by atomic mass is 9.80. The number of ketones is 1. The molecule has 51 heavy (non-hydrogen) atoms. The largest absolute Gasteiger partial charge is 0.346 e. The lowest BCUT2D eigenvalue weighted by Gasteiger charge is -2.40. The van der Waals surface area contributed by atoms with Crippen LogP contribution in [0.5, 0.6) is 0 Å². The van der Waals surface area contributed by atoms with Gasteiger partial charge in [0.05, 0.1) is 12.1 Å². The third-order valence-corrected chi connectivity index (χ3v) is 11.4. The molecule has 0 spiro atoms. The van der Waals surface area contributed by atoms with E-state index < -0.39 is 58.6 Å². The van der Waals surface area contributed by atoms with E-state index in [2.05, 4.69) is 41.7 Å². The number of likely N-dealkylation sites (tertiary alicyclic amines) is 1. The number of nitrogens with one attached hydrogen (secondary N) is 4. The molecule has 0 radical (unpaired) electrons. The first-order chi connectivity index (χ1) is 23.8. The van der Waals surface area contributed by atoms with Crippen molar-refractivity contribution in [3.05, 3.63) is 12.7 Å². The van der Waals surface area contributed by atoms with Gasteiger partial charge in [-0.05, 0) is 40.9 Å². The predicted molar refractivity (Wildman–Crippen MR) is 192 cm³/mol. The Balaban J connectivity index is 1.54. The lowest BCUT2D eigenvalue weighted by Crippen LogP contribution is -2.61. The first-order valence-electron chi connectivity index (χ1n) is 18.7. The van der Waals surface area contributed by atoms with Gasteiger partial charge in [-0.2, -0.15) is 0 Å². The molecular formula is C38H60N6O7. The van der Waals surface area contributed by atoms with Gasteiger partial charge in [-0.25, -0.2) is 4.79 Å². The number of amides is 7. The molecule has 0 unspecified atom stereocenters. The van der Waals surface area contributed by atoms with Crippen molar-refractivity contribution in [2.24, 2.45) is 28.1 Å². The maximum absolute atomic E-state index is 14.4. The molecule has 4 aliphatic rings. The molecule has 3 heterocycles. The van der Waals surface area contributed by atoms with E-state index in [4.69, 9.17) is 0 Å². The molecule has 3 aliphatic heterocycles. The zero-order valence-electron chi connectivity index (χ0n) is 31.7. The summed E-state index contributed by atoms with van der Waals surface area (Å²) < 4.78 is 0. The van der Waals surface area contributed by atoms with E-state index in [1.54, 1.807) is 4.90 Å². The average molecular weight is 713 g/mol. The van der Waals surface area contributed by atoms with Crippen molar-refractivity contribution in [1.82, 2.24) is 31.1 Å². The van der Waals surface area contributed by atoms with Gasteiger partial charge in [0.25, 0.3) is 5.91 Å². The molecule has 1 aliphatic carbocycles. The molecule has 13 heteroatoms. The summed E-state index contributed by atoms with van der Waals surface area (Å²) in [5.74, 6) is -2.96. The number of hydrogen-bond donors (Lipinski definition) is 4. The second kappa shape index (κ2) is 15.9. The van der Waals surface area contributed by atoms with Crippen LogP contribution < -0.4 is 21.3 Å². The molecule has 0 aromatic rings. The number of Topliss-reactive ketones (excluding diaryl/α,β-unsaturated/α-hetero) is 1. The average Bonchev–Trinajstić information content (AvgIpc) is 3.33. The Morgan fingerprint density at radius 2 is 1.53 bits per heavy atom. The maximum Gasteiger partial charge on any atom is 0.315 e. The fraction of sp³-hybridized carbons (Fsp3) is 0.763. The number of nitrogens with zero attached hydrogens (tertiary/aromatic N) is 2. The van der Waals surface area contributed by atoms with Gasteiger partial charge in [0.2, 0.25) is 29.4 Å². The van der Waals surface area contributed by atoms with E-state index >= 15 is 0 Å². The van der Waals surface area contributed by atoms with Crippen LogP contribution in [0.25, 0.3) is 0 Å². The molecular weight excluding hydrogens is 652 g/mol. The fourth-order valence-electron chi connectivity index (χ4n) is 8.10. The second-order valence-corrected chi connectivity index (χ2v) is 17.5. The molecule has 4 fully saturated rings. The summed E-state index contributed by atoms with van der Waals surface area (Å²) >= 11 is 0. The normalized spacial score (nSPS) is 29.0. The van der Waals surface area contributed by atoms with Crippen LogP contribution in [0.1, 0.15) is 113 Å². The van der Waals surface area contributed by atoms with Gasteiger partial charge in [0, 0.05) is 32.5 Å². The smallest absolute Gasteiger partial charge is 0.315 e. The van der Waals surface area contributed by atoms with Crippen LogP contribution in [0, 0.1) is 28.1 Å². The van der Waals surface area contributed by atoms with Crippen LogP contribution in [0.15, 0.2) is 12.7 Å². The molecule has 0 aromatic heterocycles. The highest BCUT2D eigenvalue weighted by Gasteiger charge is 2.69. The number of carbonyl (C=O) groups excluding carboxylic acids is 7. The fourth-order valence-corrected chi connectivity index (χ4v) is 8.10. The highest BCUT2D eigenvalue weighted by atomic mass is 16.2. The topological polar surface area (TPSA) is 174 Å². The van der Waals surface area contributed by atoms with Crippen molar-refractivity contribution < 1.29 is 33.6 Å². The Hall–Kier alpha value is -3.77. The van der Waals surface area contributed by atoms with E-state index in [1.807, 2.05) is 34.6 Å². The number of fused-ring (bicyclic) bond motifs is 3. The van der Waals surface area contributed by atoms with Crippen molar-refractivity contribution in [3.63, 3.8) is 0 Å². The van der Waals surface area contributed by atoms with Crippen molar-refractivity contribution in [2.45, 2.75) is 137 Å². The van der Waals surface area contributed by atoms with Gasteiger partial charge >= 0.3 is 6.03 Å². The van der Waals surface area contributed by atoms with Crippen LogP contribution in [-0.2, 0) is 28.8 Å². The van der Waals surface area contributed by atoms with Crippen molar-refractivity contribution >= 4 is 41.4 Å². The zero-order valence-corrected chi connectivity index (χ0v) is 31.7. The molecule has 0 bridgehead atoms. The first-order valence-corrected chi connectivity index (χ1v) is 18.7. The second-order valence-electron chi connectivity index (χ2n) is 17.5. The van der Waals surface area contributed by atoms with Crippen LogP contribution in [0.3, 0.4) is 0 Å². The Morgan fingerprint density at radius 1 is 0.941 bits per heavy atom. The monoisotopic (exact) mass is 712 g/mol. The van der Waals surface area contributed by atoms with Crippen LogP contribution >= 0.6 is 0 Å². The zero-order chi connectivity index (χ0) is 37.9. The summed E-state index contributed by atoms with van der Waals surface area (Å²) in [6.45, 7) is 17.7. The number of imide groups is 1. The first kappa shape index (κ1) is 40.0. The molecule has 13 nitrogen and oxygen atoms in total. The molecule has 7 amide bonds. The van der Waals surface area contributed by atoms with Crippen LogP contribution in [0.4, 0.5) is 4.79 Å². The lowest BCUT2D eigenvalue weighted by molar-refractivity contribution is -0.153. The summed E-state index contributed by atoms with van der Waals surface area (Å²) in [6, 6.07) is -3.99. The van der Waals surface area contributed by atoms with E-state index in [0.29, 0.717) is 32.2 Å². The Bertz CT molecular complexity index is 1380. The van der Waals surface area contributed by atoms with Gasteiger partial charge in [-0.15, -0.1) is 6.58 Å². The molecule has 4 rings (SSSR count). The summed E-state index contributed by atoms with van der Waals surface area (Å²) in [5, 5.41) is 11.2. The number of carbonyl (C=O) groups is 7. The molecule has 1 saturated carbocycles. The minimum atomic E-state index is -1.02. The summed E-state index contributed by atoms with van der Waals surface area (Å²) in [5.41, 5.74) is -1.14. The highest BCUT2D eigenvalue weighted by molar-refractivity contribution is 6.38. The Labute approximate surface area is 302 Å². The van der Waals surface area contributed by atoms with Crippen molar-refractivity contribution in [2.75, 3.05) is 19.6 Å². The molecule has 284 valence electrons. The summed E-state index contributed by atoms with van der Waals surface area (Å²) in [7, 11) is 0. The van der Waals surface area contributed by atoms with E-state index in [9.17, 15) is 33.6 Å². The third-order valence-electron chi connectivity index (χ3n) is 11.4. The number of urea groups is 1. The summed E-state index contributed by atoms with van der Waals surface area (Å²) in [4.78, 5) is 96.7. The van der Waals surface area contributed by atoms with Gasteiger partial charge in [0.1, 0.15) is 12.1 Å².